The SMILES string of the molecule is Clc1nc(NC2CC2)c2cnn(-c3ccccc3)c2n1. The maximum absolute atomic E-state index is 6.04. The highest BCUT2D eigenvalue weighted by Gasteiger charge is 2.23. The van der Waals surface area contributed by atoms with Gasteiger partial charge in [0.25, 0.3) is 0 Å². The summed E-state index contributed by atoms with van der Waals surface area (Å²) in [6.07, 6.45) is 4.13. The van der Waals surface area contributed by atoms with Crippen molar-refractivity contribution >= 4 is 28.5 Å². The van der Waals surface area contributed by atoms with E-state index in [1.807, 2.05) is 30.3 Å². The topological polar surface area (TPSA) is 55.6 Å². The van der Waals surface area contributed by atoms with Crippen molar-refractivity contribution in [3.63, 3.8) is 0 Å². The highest BCUT2D eigenvalue weighted by molar-refractivity contribution is 6.28. The van der Waals surface area contributed by atoms with Gasteiger partial charge >= 0.3 is 0 Å². The first-order valence-corrected chi connectivity index (χ1v) is 6.92. The van der Waals surface area contributed by atoms with Crippen molar-refractivity contribution in [2.75, 3.05) is 5.32 Å². The van der Waals surface area contributed by atoms with E-state index in [4.69, 9.17) is 11.6 Å². The van der Waals surface area contributed by atoms with Gasteiger partial charge in [-0.05, 0) is 36.6 Å². The van der Waals surface area contributed by atoms with Crippen LogP contribution >= 0.6 is 11.6 Å². The Labute approximate surface area is 120 Å². The summed E-state index contributed by atoms with van der Waals surface area (Å²) < 4.78 is 1.78. The van der Waals surface area contributed by atoms with E-state index >= 15 is 0 Å². The molecule has 6 heteroatoms. The van der Waals surface area contributed by atoms with Crippen LogP contribution in [0, 0.1) is 0 Å². The number of nitrogens with one attached hydrogen (secondary N) is 1. The summed E-state index contributed by atoms with van der Waals surface area (Å²) in [7, 11) is 0. The molecule has 1 aromatic carbocycles. The summed E-state index contributed by atoms with van der Waals surface area (Å²) in [6, 6.07) is 10.4. The predicted octanol–water partition coefficient (Wildman–Crippen LogP) is 3.04. The first-order valence-electron chi connectivity index (χ1n) is 6.54. The molecule has 0 amide bonds. The molecular formula is C14H12ClN5. The van der Waals surface area contributed by atoms with Gasteiger partial charge in [-0.25, -0.2) is 4.68 Å². The first-order chi connectivity index (χ1) is 9.81. The van der Waals surface area contributed by atoms with Gasteiger partial charge in [0.2, 0.25) is 5.28 Å². The third kappa shape index (κ3) is 2.00. The normalized spacial score (nSPS) is 14.7. The van der Waals surface area contributed by atoms with E-state index in [9.17, 15) is 0 Å². The minimum absolute atomic E-state index is 0.235. The number of hydrogen-bond acceptors (Lipinski definition) is 4. The lowest BCUT2D eigenvalue weighted by Gasteiger charge is -2.06. The summed E-state index contributed by atoms with van der Waals surface area (Å²) in [5, 5.41) is 8.91. The Morgan fingerprint density at radius 1 is 1.15 bits per heavy atom. The van der Waals surface area contributed by atoms with Crippen LogP contribution in [0.25, 0.3) is 16.7 Å². The van der Waals surface area contributed by atoms with Crippen molar-refractivity contribution in [1.29, 1.82) is 0 Å². The number of hydrogen-bond donors (Lipinski definition) is 1. The van der Waals surface area contributed by atoms with Crippen molar-refractivity contribution in [2.45, 2.75) is 18.9 Å². The number of para-hydroxylation sites is 1. The molecule has 0 spiro atoms. The Hall–Kier alpha value is -2.14. The minimum atomic E-state index is 0.235. The van der Waals surface area contributed by atoms with Crippen LogP contribution in [0.3, 0.4) is 0 Å². The zero-order chi connectivity index (χ0) is 13.5. The summed E-state index contributed by atoms with van der Waals surface area (Å²) in [6.45, 7) is 0. The standard InChI is InChI=1S/C14H12ClN5/c15-14-18-12(17-9-6-7-9)11-8-16-20(13(11)19-14)10-4-2-1-3-5-10/h1-5,8-9H,6-7H2,(H,17,18,19). The second kappa shape index (κ2) is 4.45. The maximum Gasteiger partial charge on any atom is 0.226 e. The first kappa shape index (κ1) is 11.7. The van der Waals surface area contributed by atoms with Gasteiger partial charge in [-0.1, -0.05) is 18.2 Å². The molecule has 0 atom stereocenters. The summed E-state index contributed by atoms with van der Waals surface area (Å²) in [5.41, 5.74) is 1.67. The Morgan fingerprint density at radius 2 is 1.95 bits per heavy atom. The molecular weight excluding hydrogens is 274 g/mol. The molecule has 5 nitrogen and oxygen atoms in total. The molecule has 0 saturated heterocycles. The number of anilines is 1. The number of nitrogens with zero attached hydrogens (tertiary/aromatic N) is 4. The fourth-order valence-corrected chi connectivity index (χ4v) is 2.34. The van der Waals surface area contributed by atoms with Gasteiger partial charge in [0.1, 0.15) is 5.82 Å². The number of halogens is 1. The molecule has 0 unspecified atom stereocenters. The maximum atomic E-state index is 6.04. The van der Waals surface area contributed by atoms with Crippen LogP contribution in [-0.4, -0.2) is 25.8 Å². The minimum Gasteiger partial charge on any atom is -0.367 e. The quantitative estimate of drug-likeness (QED) is 0.752. The van der Waals surface area contributed by atoms with E-state index in [-0.39, 0.29) is 5.28 Å². The highest BCUT2D eigenvalue weighted by atomic mass is 35.5. The van der Waals surface area contributed by atoms with E-state index < -0.39 is 0 Å². The van der Waals surface area contributed by atoms with Crippen LogP contribution in [0.4, 0.5) is 5.82 Å². The third-order valence-electron chi connectivity index (χ3n) is 3.32. The van der Waals surface area contributed by atoms with E-state index in [1.165, 1.54) is 12.8 Å². The highest BCUT2D eigenvalue weighted by Crippen LogP contribution is 2.29. The summed E-state index contributed by atoms with van der Waals surface area (Å²) in [5.74, 6) is 0.768. The van der Waals surface area contributed by atoms with Gasteiger partial charge < -0.3 is 5.32 Å². The second-order valence-electron chi connectivity index (χ2n) is 4.89. The Bertz CT molecular complexity index is 764. The Balaban J connectivity index is 1.89. The fourth-order valence-electron chi connectivity index (χ4n) is 2.17. The molecule has 1 aliphatic rings. The van der Waals surface area contributed by atoms with Crippen molar-refractivity contribution in [3.8, 4) is 5.69 Å². The number of rotatable bonds is 3. The molecule has 1 aliphatic carbocycles. The zero-order valence-electron chi connectivity index (χ0n) is 10.6. The molecule has 100 valence electrons. The lowest BCUT2D eigenvalue weighted by atomic mass is 10.3. The van der Waals surface area contributed by atoms with E-state index in [2.05, 4.69) is 20.4 Å². The van der Waals surface area contributed by atoms with Gasteiger partial charge in [-0.3, -0.25) is 0 Å². The van der Waals surface area contributed by atoms with Crippen LogP contribution in [0.1, 0.15) is 12.8 Å². The molecule has 0 aliphatic heterocycles. The molecule has 0 radical (unpaired) electrons. The smallest absolute Gasteiger partial charge is 0.226 e. The number of aromatic nitrogens is 4. The lowest BCUT2D eigenvalue weighted by molar-refractivity contribution is 0.895. The van der Waals surface area contributed by atoms with E-state index in [0.717, 1.165) is 22.5 Å². The van der Waals surface area contributed by atoms with Gasteiger partial charge in [-0.2, -0.15) is 15.1 Å². The van der Waals surface area contributed by atoms with Crippen molar-refractivity contribution in [2.24, 2.45) is 0 Å². The fraction of sp³-hybridized carbons (Fsp3) is 0.214. The van der Waals surface area contributed by atoms with Crippen LogP contribution in [0.15, 0.2) is 36.5 Å². The largest absolute Gasteiger partial charge is 0.367 e. The third-order valence-corrected chi connectivity index (χ3v) is 3.49. The zero-order valence-corrected chi connectivity index (χ0v) is 11.4. The summed E-state index contributed by atoms with van der Waals surface area (Å²) in [4.78, 5) is 8.59. The molecule has 4 rings (SSSR count). The molecule has 1 fully saturated rings. The molecule has 1 N–H and O–H groups in total. The molecule has 20 heavy (non-hydrogen) atoms. The van der Waals surface area contributed by atoms with Crippen LogP contribution in [0.5, 0.6) is 0 Å². The van der Waals surface area contributed by atoms with Gasteiger partial charge in [-0.15, -0.1) is 0 Å². The molecule has 3 aromatic rings. The average Bonchev–Trinajstić information content (AvgIpc) is 3.17. The second-order valence-corrected chi connectivity index (χ2v) is 5.23. The molecule has 2 heterocycles. The van der Waals surface area contributed by atoms with Crippen molar-refractivity contribution in [3.05, 3.63) is 41.8 Å². The average molecular weight is 286 g/mol. The molecule has 1 saturated carbocycles. The van der Waals surface area contributed by atoms with Crippen LogP contribution < -0.4 is 5.32 Å². The number of benzene rings is 1. The summed E-state index contributed by atoms with van der Waals surface area (Å²) >= 11 is 6.04. The van der Waals surface area contributed by atoms with Gasteiger partial charge in [0.15, 0.2) is 5.65 Å². The van der Waals surface area contributed by atoms with Crippen LogP contribution in [0.2, 0.25) is 5.28 Å². The van der Waals surface area contributed by atoms with Gasteiger partial charge in [0, 0.05) is 6.04 Å². The van der Waals surface area contributed by atoms with E-state index in [1.54, 1.807) is 10.9 Å². The van der Waals surface area contributed by atoms with Crippen molar-refractivity contribution < 1.29 is 0 Å². The predicted molar refractivity (Wildman–Crippen MR) is 78.3 cm³/mol. The lowest BCUT2D eigenvalue weighted by Crippen LogP contribution is -2.05. The number of fused-ring (bicyclic) bond motifs is 1. The molecule has 0 bridgehead atoms. The van der Waals surface area contributed by atoms with Gasteiger partial charge in [0.05, 0.1) is 17.3 Å². The Morgan fingerprint density at radius 3 is 2.70 bits per heavy atom. The van der Waals surface area contributed by atoms with Crippen molar-refractivity contribution in [1.82, 2.24) is 19.7 Å². The van der Waals surface area contributed by atoms with Crippen LogP contribution in [-0.2, 0) is 0 Å². The Kier molecular flexibility index (Phi) is 2.60. The monoisotopic (exact) mass is 285 g/mol. The molecule has 2 aromatic heterocycles. The van der Waals surface area contributed by atoms with E-state index in [0.29, 0.717) is 6.04 Å².